The number of nitrogens with one attached hydrogen (secondary N) is 1. The van der Waals surface area contributed by atoms with Crippen LogP contribution < -0.4 is 15.8 Å². The lowest BCUT2D eigenvalue weighted by Gasteiger charge is -2.18. The maximum absolute atomic E-state index is 14.8. The lowest BCUT2D eigenvalue weighted by atomic mass is 10.1. The number of carbonyl (C=O) groups excluding carboxylic acids is 2. The second-order valence-electron chi connectivity index (χ2n) is 7.80. The van der Waals surface area contributed by atoms with E-state index < -0.39 is 52.6 Å². The summed E-state index contributed by atoms with van der Waals surface area (Å²) in [7, 11) is 1.46. The first kappa shape index (κ1) is 30.0. The van der Waals surface area contributed by atoms with E-state index in [4.69, 9.17) is 24.4 Å². The number of primary amides is 1. The van der Waals surface area contributed by atoms with Crippen LogP contribution in [0.1, 0.15) is 27.9 Å². The van der Waals surface area contributed by atoms with E-state index in [0.29, 0.717) is 0 Å². The standard InChI is InChI=1S/C24H21BrF5N3O6/c1-36-8-9-37-11-17(34)32-10-16(38-15-7-6-14(26)18(19(15)27)22(31)35)23-33-20(21(25)39-23)12-2-4-13(5-3-12)24(28,29)30/h2-7,16H,8-11H2,1H3,(H2,31,35)(H,32,34). The van der Waals surface area contributed by atoms with Gasteiger partial charge < -0.3 is 29.7 Å². The fourth-order valence-corrected chi connectivity index (χ4v) is 3.68. The van der Waals surface area contributed by atoms with Crippen molar-refractivity contribution >= 4 is 27.7 Å². The number of halogens is 6. The normalized spacial score (nSPS) is 12.3. The maximum Gasteiger partial charge on any atom is 0.416 e. The fourth-order valence-electron chi connectivity index (χ4n) is 3.20. The molecule has 3 N–H and O–H groups in total. The molecule has 2 aromatic carbocycles. The monoisotopic (exact) mass is 621 g/mol. The van der Waals surface area contributed by atoms with Crippen molar-refractivity contribution in [1.29, 1.82) is 0 Å². The topological polar surface area (TPSA) is 126 Å². The molecule has 1 heterocycles. The molecule has 0 bridgehead atoms. The Morgan fingerprint density at radius 3 is 2.44 bits per heavy atom. The second kappa shape index (κ2) is 13.0. The van der Waals surface area contributed by atoms with Crippen molar-refractivity contribution < 1.29 is 50.2 Å². The molecule has 1 aromatic heterocycles. The Hall–Kier alpha value is -3.56. The van der Waals surface area contributed by atoms with Gasteiger partial charge in [0.2, 0.25) is 11.8 Å². The van der Waals surface area contributed by atoms with Crippen LogP contribution in [0.25, 0.3) is 11.3 Å². The summed E-state index contributed by atoms with van der Waals surface area (Å²) in [6, 6.07) is 5.71. The third-order valence-corrected chi connectivity index (χ3v) is 5.62. The highest BCUT2D eigenvalue weighted by molar-refractivity contribution is 9.10. The first-order valence-corrected chi connectivity index (χ1v) is 11.8. The number of methoxy groups -OCH3 is 1. The molecule has 0 aliphatic carbocycles. The van der Waals surface area contributed by atoms with Crippen molar-refractivity contribution in [3.05, 3.63) is 69.7 Å². The molecule has 0 spiro atoms. The zero-order chi connectivity index (χ0) is 28.7. The van der Waals surface area contributed by atoms with Crippen molar-refractivity contribution in [2.24, 2.45) is 5.73 Å². The number of nitrogens with two attached hydrogens (primary N) is 1. The lowest BCUT2D eigenvalue weighted by Crippen LogP contribution is -2.34. The molecule has 0 radical (unpaired) electrons. The van der Waals surface area contributed by atoms with Gasteiger partial charge in [0.25, 0.3) is 5.91 Å². The first-order valence-electron chi connectivity index (χ1n) is 11.0. The molecule has 0 fully saturated rings. The number of nitrogens with zero attached hydrogens (tertiary/aromatic N) is 1. The van der Waals surface area contributed by atoms with E-state index in [1.807, 2.05) is 0 Å². The molecule has 0 aliphatic heterocycles. The van der Waals surface area contributed by atoms with Crippen LogP contribution in [0.5, 0.6) is 5.75 Å². The van der Waals surface area contributed by atoms with Crippen molar-refractivity contribution in [2.45, 2.75) is 12.3 Å². The van der Waals surface area contributed by atoms with Gasteiger partial charge in [-0.15, -0.1) is 0 Å². The number of amides is 2. The van der Waals surface area contributed by atoms with E-state index in [1.54, 1.807) is 0 Å². The van der Waals surface area contributed by atoms with Crippen molar-refractivity contribution in [3.8, 4) is 17.0 Å². The van der Waals surface area contributed by atoms with Gasteiger partial charge in [-0.25, -0.2) is 13.8 Å². The number of hydrogen-bond donors (Lipinski definition) is 2. The largest absolute Gasteiger partial charge is 0.476 e. The number of ether oxygens (including phenoxy) is 3. The Bertz CT molecular complexity index is 1320. The molecule has 210 valence electrons. The molecular formula is C24H21BrF5N3O6. The third-order valence-electron chi connectivity index (χ3n) is 5.08. The minimum atomic E-state index is -4.54. The molecule has 39 heavy (non-hydrogen) atoms. The number of hydrogen-bond acceptors (Lipinski definition) is 7. The van der Waals surface area contributed by atoms with Gasteiger partial charge in [-0.05, 0) is 40.2 Å². The van der Waals surface area contributed by atoms with Crippen LogP contribution in [0.3, 0.4) is 0 Å². The molecule has 3 aromatic rings. The van der Waals surface area contributed by atoms with Crippen LogP contribution in [0.4, 0.5) is 22.0 Å². The van der Waals surface area contributed by atoms with Crippen LogP contribution in [-0.4, -0.2) is 50.3 Å². The summed E-state index contributed by atoms with van der Waals surface area (Å²) < 4.78 is 88.6. The molecule has 0 aliphatic rings. The highest BCUT2D eigenvalue weighted by atomic mass is 79.9. The summed E-state index contributed by atoms with van der Waals surface area (Å²) in [4.78, 5) is 27.9. The smallest absolute Gasteiger partial charge is 0.416 e. The number of carbonyl (C=O) groups is 2. The SMILES string of the molecule is COCCOCC(=O)NCC(Oc1ccc(F)c(C(N)=O)c1F)c1nc(-c2ccc(C(F)(F)F)cc2)c(Br)o1. The molecule has 9 nitrogen and oxygen atoms in total. The minimum absolute atomic E-state index is 0.00233. The average molecular weight is 622 g/mol. The molecule has 1 atom stereocenters. The summed E-state index contributed by atoms with van der Waals surface area (Å²) in [5.74, 6) is -5.42. The predicted octanol–water partition coefficient (Wildman–Crippen LogP) is 4.40. The van der Waals surface area contributed by atoms with Crippen LogP contribution >= 0.6 is 15.9 Å². The van der Waals surface area contributed by atoms with Crippen molar-refractivity contribution in [2.75, 3.05) is 33.5 Å². The Morgan fingerprint density at radius 1 is 1.13 bits per heavy atom. The third kappa shape index (κ3) is 7.74. The van der Waals surface area contributed by atoms with Crippen LogP contribution in [-0.2, 0) is 20.4 Å². The van der Waals surface area contributed by atoms with E-state index in [0.717, 1.165) is 24.3 Å². The van der Waals surface area contributed by atoms with E-state index in [1.165, 1.54) is 19.2 Å². The van der Waals surface area contributed by atoms with Gasteiger partial charge in [0.1, 0.15) is 23.7 Å². The quantitative estimate of drug-likeness (QED) is 0.227. The highest BCUT2D eigenvalue weighted by Crippen LogP contribution is 2.35. The Kier molecular flexibility index (Phi) is 9.99. The number of benzene rings is 2. The van der Waals surface area contributed by atoms with Gasteiger partial charge in [-0.3, -0.25) is 9.59 Å². The first-order chi connectivity index (χ1) is 18.4. The van der Waals surface area contributed by atoms with Crippen molar-refractivity contribution in [1.82, 2.24) is 10.3 Å². The van der Waals surface area contributed by atoms with E-state index in [2.05, 4.69) is 26.2 Å². The van der Waals surface area contributed by atoms with Gasteiger partial charge >= 0.3 is 6.18 Å². The van der Waals surface area contributed by atoms with Gasteiger partial charge in [0.05, 0.1) is 25.3 Å². The number of rotatable bonds is 12. The zero-order valence-electron chi connectivity index (χ0n) is 20.1. The van der Waals surface area contributed by atoms with E-state index in [-0.39, 0.29) is 48.2 Å². The molecule has 2 amide bonds. The Labute approximate surface area is 226 Å². The van der Waals surface area contributed by atoms with Crippen LogP contribution in [0, 0.1) is 11.6 Å². The van der Waals surface area contributed by atoms with Crippen molar-refractivity contribution in [3.63, 3.8) is 0 Å². The van der Waals surface area contributed by atoms with Gasteiger partial charge in [0.15, 0.2) is 22.3 Å². The summed E-state index contributed by atoms with van der Waals surface area (Å²) in [6.07, 6.45) is -5.90. The summed E-state index contributed by atoms with van der Waals surface area (Å²) >= 11 is 3.14. The molecule has 0 saturated heterocycles. The minimum Gasteiger partial charge on any atom is -0.476 e. The van der Waals surface area contributed by atoms with E-state index >= 15 is 0 Å². The highest BCUT2D eigenvalue weighted by Gasteiger charge is 2.31. The molecule has 15 heteroatoms. The second-order valence-corrected chi connectivity index (χ2v) is 8.52. The lowest BCUT2D eigenvalue weighted by molar-refractivity contribution is -0.137. The van der Waals surface area contributed by atoms with Crippen LogP contribution in [0.2, 0.25) is 0 Å². The summed E-state index contributed by atoms with van der Waals surface area (Å²) in [6.45, 7) is -0.320. The fraction of sp³-hybridized carbons (Fsp3) is 0.292. The number of oxazole rings is 1. The van der Waals surface area contributed by atoms with Crippen LogP contribution in [0.15, 0.2) is 45.5 Å². The number of aromatic nitrogens is 1. The molecule has 0 saturated carbocycles. The Balaban J connectivity index is 1.90. The van der Waals surface area contributed by atoms with Gasteiger partial charge in [0, 0.05) is 12.7 Å². The molecule has 1 unspecified atom stereocenters. The Morgan fingerprint density at radius 2 is 1.82 bits per heavy atom. The van der Waals surface area contributed by atoms with E-state index in [9.17, 15) is 31.5 Å². The predicted molar refractivity (Wildman–Crippen MR) is 129 cm³/mol. The average Bonchev–Trinajstić information content (AvgIpc) is 3.26. The molecule has 3 rings (SSSR count). The van der Waals surface area contributed by atoms with Gasteiger partial charge in [-0.1, -0.05) is 12.1 Å². The summed E-state index contributed by atoms with van der Waals surface area (Å²) in [5.41, 5.74) is 3.46. The number of alkyl halides is 3. The van der Waals surface area contributed by atoms with Gasteiger partial charge in [-0.2, -0.15) is 13.2 Å². The zero-order valence-corrected chi connectivity index (χ0v) is 21.7. The summed E-state index contributed by atoms with van der Waals surface area (Å²) in [5, 5.41) is 2.48. The molecular weight excluding hydrogens is 601 g/mol. The maximum atomic E-state index is 14.8.